The van der Waals surface area contributed by atoms with Crippen molar-refractivity contribution in [2.24, 2.45) is 0 Å². The van der Waals surface area contributed by atoms with Crippen molar-refractivity contribution in [1.82, 2.24) is 4.98 Å². The number of rotatable bonds is 2. The molecule has 0 aromatic carbocycles. The molecule has 0 aliphatic heterocycles. The summed E-state index contributed by atoms with van der Waals surface area (Å²) in [7, 11) is 0. The Bertz CT molecular complexity index is 263. The van der Waals surface area contributed by atoms with Gasteiger partial charge in [0.15, 0.2) is 0 Å². The Balaban J connectivity index is 3.00. The molecule has 68 valence electrons. The van der Waals surface area contributed by atoms with Crippen LogP contribution in [-0.4, -0.2) is 4.98 Å². The first kappa shape index (κ1) is 9.52. The first-order valence-electron chi connectivity index (χ1n) is 4.28. The lowest BCUT2D eigenvalue weighted by molar-refractivity contribution is 0.852. The second-order valence-electron chi connectivity index (χ2n) is 3.61. The summed E-state index contributed by atoms with van der Waals surface area (Å²) in [5.41, 5.74) is 5.78. The fraction of sp³-hybridized carbons (Fsp3) is 0.667. The van der Waals surface area contributed by atoms with E-state index in [0.717, 1.165) is 10.8 Å². The van der Waals surface area contributed by atoms with Crippen LogP contribution in [0.15, 0.2) is 0 Å². The number of hydrogen-bond acceptors (Lipinski definition) is 3. The molecule has 0 radical (unpaired) electrons. The smallest absolute Gasteiger partial charge is 0.138 e. The van der Waals surface area contributed by atoms with Crippen LogP contribution in [0, 0.1) is 0 Å². The van der Waals surface area contributed by atoms with Gasteiger partial charge >= 0.3 is 0 Å². The highest BCUT2D eigenvalue weighted by atomic mass is 32.1. The average Bonchev–Trinajstić information content (AvgIpc) is 2.30. The van der Waals surface area contributed by atoms with Crippen LogP contribution < -0.4 is 5.73 Å². The van der Waals surface area contributed by atoms with E-state index in [1.807, 2.05) is 0 Å². The van der Waals surface area contributed by atoms with Gasteiger partial charge in [-0.05, 0) is 5.92 Å². The summed E-state index contributed by atoms with van der Waals surface area (Å²) in [6.07, 6.45) is 0. The van der Waals surface area contributed by atoms with E-state index in [2.05, 4.69) is 32.7 Å². The van der Waals surface area contributed by atoms with Crippen molar-refractivity contribution < 1.29 is 0 Å². The minimum absolute atomic E-state index is 0.491. The van der Waals surface area contributed by atoms with Crippen LogP contribution in [0.25, 0.3) is 0 Å². The summed E-state index contributed by atoms with van der Waals surface area (Å²) in [5.74, 6) is 1.71. The standard InChI is InChI=1S/C9H16N2S/c1-5(2)7-8(10)11-9(12-7)6(3)4/h5-6H,10H2,1-4H3. The molecule has 0 unspecified atom stereocenters. The van der Waals surface area contributed by atoms with E-state index in [-0.39, 0.29) is 0 Å². The highest BCUT2D eigenvalue weighted by Gasteiger charge is 2.12. The van der Waals surface area contributed by atoms with Crippen LogP contribution in [0.4, 0.5) is 5.82 Å². The van der Waals surface area contributed by atoms with Crippen LogP contribution in [0.2, 0.25) is 0 Å². The van der Waals surface area contributed by atoms with Crippen molar-refractivity contribution in [3.63, 3.8) is 0 Å². The summed E-state index contributed by atoms with van der Waals surface area (Å²) >= 11 is 1.74. The number of nitrogens with zero attached hydrogens (tertiary/aromatic N) is 1. The van der Waals surface area contributed by atoms with Crippen molar-refractivity contribution >= 4 is 17.2 Å². The van der Waals surface area contributed by atoms with Crippen LogP contribution in [0.3, 0.4) is 0 Å². The molecule has 0 saturated heterocycles. The molecule has 1 heterocycles. The predicted octanol–water partition coefficient (Wildman–Crippen LogP) is 2.97. The predicted molar refractivity (Wildman–Crippen MR) is 54.7 cm³/mol. The third-order valence-corrected chi connectivity index (χ3v) is 3.39. The van der Waals surface area contributed by atoms with E-state index in [1.54, 1.807) is 11.3 Å². The van der Waals surface area contributed by atoms with Gasteiger partial charge in [-0.25, -0.2) is 4.98 Å². The summed E-state index contributed by atoms with van der Waals surface area (Å²) in [6.45, 7) is 8.58. The van der Waals surface area contributed by atoms with Gasteiger partial charge < -0.3 is 5.73 Å². The van der Waals surface area contributed by atoms with Crippen molar-refractivity contribution in [2.45, 2.75) is 39.5 Å². The molecule has 12 heavy (non-hydrogen) atoms. The molecule has 1 aromatic rings. The number of anilines is 1. The molecule has 0 amide bonds. The van der Waals surface area contributed by atoms with Gasteiger partial charge in [-0.15, -0.1) is 11.3 Å². The minimum Gasteiger partial charge on any atom is -0.383 e. The molecule has 1 rings (SSSR count). The number of nitrogen functional groups attached to an aromatic ring is 1. The van der Waals surface area contributed by atoms with E-state index in [4.69, 9.17) is 5.73 Å². The summed E-state index contributed by atoms with van der Waals surface area (Å²) < 4.78 is 0. The van der Waals surface area contributed by atoms with Gasteiger partial charge in [-0.1, -0.05) is 27.7 Å². The Morgan fingerprint density at radius 1 is 1.17 bits per heavy atom. The van der Waals surface area contributed by atoms with Crippen molar-refractivity contribution in [3.05, 3.63) is 9.88 Å². The zero-order chi connectivity index (χ0) is 9.30. The van der Waals surface area contributed by atoms with Crippen LogP contribution >= 0.6 is 11.3 Å². The monoisotopic (exact) mass is 184 g/mol. The van der Waals surface area contributed by atoms with E-state index in [0.29, 0.717) is 11.8 Å². The maximum Gasteiger partial charge on any atom is 0.138 e. The third-order valence-electron chi connectivity index (χ3n) is 1.72. The van der Waals surface area contributed by atoms with Crippen molar-refractivity contribution in [1.29, 1.82) is 0 Å². The topological polar surface area (TPSA) is 38.9 Å². The molecule has 3 heteroatoms. The molecule has 0 atom stereocenters. The Morgan fingerprint density at radius 3 is 2.00 bits per heavy atom. The summed E-state index contributed by atoms with van der Waals surface area (Å²) in [4.78, 5) is 5.55. The minimum atomic E-state index is 0.491. The highest BCUT2D eigenvalue weighted by Crippen LogP contribution is 2.31. The molecule has 0 bridgehead atoms. The Labute approximate surface area is 77.8 Å². The number of hydrogen-bond donors (Lipinski definition) is 1. The molecule has 1 aromatic heterocycles. The lowest BCUT2D eigenvalue weighted by Gasteiger charge is -1.99. The fourth-order valence-corrected chi connectivity index (χ4v) is 2.01. The van der Waals surface area contributed by atoms with E-state index in [1.165, 1.54) is 4.88 Å². The lowest BCUT2D eigenvalue weighted by atomic mass is 10.2. The van der Waals surface area contributed by atoms with Crippen molar-refractivity contribution in [2.75, 3.05) is 5.73 Å². The molecular formula is C9H16N2S. The molecule has 0 aliphatic rings. The largest absolute Gasteiger partial charge is 0.383 e. The quantitative estimate of drug-likeness (QED) is 0.767. The van der Waals surface area contributed by atoms with Gasteiger partial charge in [-0.2, -0.15) is 0 Å². The maximum atomic E-state index is 5.78. The van der Waals surface area contributed by atoms with E-state index < -0.39 is 0 Å². The molecule has 0 saturated carbocycles. The van der Waals surface area contributed by atoms with Crippen LogP contribution in [-0.2, 0) is 0 Å². The lowest BCUT2D eigenvalue weighted by Crippen LogP contribution is -1.92. The number of nitrogens with two attached hydrogens (primary N) is 1. The first-order valence-corrected chi connectivity index (χ1v) is 5.10. The second-order valence-corrected chi connectivity index (χ2v) is 4.67. The van der Waals surface area contributed by atoms with Gasteiger partial charge in [-0.3, -0.25) is 0 Å². The van der Waals surface area contributed by atoms with E-state index >= 15 is 0 Å². The fourth-order valence-electron chi connectivity index (χ4n) is 1.02. The molecule has 0 spiro atoms. The van der Waals surface area contributed by atoms with Gasteiger partial charge in [0.25, 0.3) is 0 Å². The Morgan fingerprint density at radius 2 is 1.75 bits per heavy atom. The van der Waals surface area contributed by atoms with Gasteiger partial charge in [0.2, 0.25) is 0 Å². The molecule has 2 N–H and O–H groups in total. The van der Waals surface area contributed by atoms with Gasteiger partial charge in [0.05, 0.1) is 9.88 Å². The zero-order valence-corrected chi connectivity index (χ0v) is 8.90. The van der Waals surface area contributed by atoms with Crippen LogP contribution in [0.1, 0.15) is 49.4 Å². The summed E-state index contributed by atoms with van der Waals surface area (Å²) in [5, 5.41) is 1.15. The molecular weight excluding hydrogens is 168 g/mol. The second kappa shape index (κ2) is 3.44. The maximum absolute atomic E-state index is 5.78. The normalized spacial score (nSPS) is 11.5. The van der Waals surface area contributed by atoms with E-state index in [9.17, 15) is 0 Å². The Hall–Kier alpha value is -0.570. The zero-order valence-electron chi connectivity index (χ0n) is 8.09. The molecule has 0 aliphatic carbocycles. The molecule has 0 fully saturated rings. The average molecular weight is 184 g/mol. The Kier molecular flexibility index (Phi) is 2.73. The summed E-state index contributed by atoms with van der Waals surface area (Å²) in [6, 6.07) is 0. The van der Waals surface area contributed by atoms with Crippen molar-refractivity contribution in [3.8, 4) is 0 Å². The van der Waals surface area contributed by atoms with Crippen LogP contribution in [0.5, 0.6) is 0 Å². The van der Waals surface area contributed by atoms with Gasteiger partial charge in [0.1, 0.15) is 5.82 Å². The highest BCUT2D eigenvalue weighted by molar-refractivity contribution is 7.12. The third kappa shape index (κ3) is 1.78. The SMILES string of the molecule is CC(C)c1nc(N)c(C(C)C)s1. The van der Waals surface area contributed by atoms with Gasteiger partial charge in [0, 0.05) is 5.92 Å². The number of thiazole rings is 1. The first-order chi connectivity index (χ1) is 5.52. The molecule has 2 nitrogen and oxygen atoms in total. The number of aromatic nitrogens is 1.